The van der Waals surface area contributed by atoms with E-state index in [0.717, 1.165) is 42.5 Å². The van der Waals surface area contributed by atoms with Crippen molar-refractivity contribution in [2.45, 2.75) is 25.4 Å². The molecule has 1 N–H and O–H groups in total. The average Bonchev–Trinajstić information content (AvgIpc) is 2.84. The van der Waals surface area contributed by atoms with Crippen LogP contribution in [0.25, 0.3) is 10.9 Å². The number of carbonyl (C=O) groups is 2. The van der Waals surface area contributed by atoms with Crippen molar-refractivity contribution in [3.8, 4) is 0 Å². The second-order valence-electron chi connectivity index (χ2n) is 8.40. The van der Waals surface area contributed by atoms with E-state index < -0.39 is 0 Å². The van der Waals surface area contributed by atoms with Crippen molar-refractivity contribution >= 4 is 22.7 Å². The van der Waals surface area contributed by atoms with Crippen LogP contribution < -0.4 is 5.32 Å². The first-order valence-corrected chi connectivity index (χ1v) is 11.4. The Bertz CT molecular complexity index is 945. The molecule has 0 spiro atoms. The zero-order valence-corrected chi connectivity index (χ0v) is 18.7. The molecule has 1 unspecified atom stereocenters. The van der Waals surface area contributed by atoms with E-state index in [1.165, 1.54) is 6.42 Å². The van der Waals surface area contributed by atoms with Gasteiger partial charge in [-0.25, -0.2) is 4.98 Å². The summed E-state index contributed by atoms with van der Waals surface area (Å²) < 4.78 is 11.1. The number of morpholine rings is 1. The minimum absolute atomic E-state index is 0.158. The molecule has 8 nitrogen and oxygen atoms in total. The Kier molecular flexibility index (Phi) is 7.68. The number of carbonyl (C=O) groups excluding carboxylic acids is 2. The quantitative estimate of drug-likeness (QED) is 0.663. The summed E-state index contributed by atoms with van der Waals surface area (Å²) in [5.74, 6) is 0.0323. The van der Waals surface area contributed by atoms with E-state index in [4.69, 9.17) is 14.5 Å². The molecule has 2 saturated heterocycles. The fourth-order valence-electron chi connectivity index (χ4n) is 4.37. The number of amides is 2. The number of nitrogens with zero attached hydrogens (tertiary/aromatic N) is 3. The van der Waals surface area contributed by atoms with Gasteiger partial charge in [0.2, 0.25) is 5.91 Å². The Morgan fingerprint density at radius 2 is 2.00 bits per heavy atom. The lowest BCUT2D eigenvalue weighted by atomic mass is 10.0. The maximum absolute atomic E-state index is 12.9. The minimum atomic E-state index is -0.284. The summed E-state index contributed by atoms with van der Waals surface area (Å²) in [5.41, 5.74) is 2.05. The van der Waals surface area contributed by atoms with Crippen molar-refractivity contribution in [1.82, 2.24) is 20.1 Å². The summed E-state index contributed by atoms with van der Waals surface area (Å²) in [4.78, 5) is 34.5. The predicted molar refractivity (Wildman–Crippen MR) is 122 cm³/mol. The Morgan fingerprint density at radius 3 is 2.81 bits per heavy atom. The van der Waals surface area contributed by atoms with Crippen LogP contribution in [-0.4, -0.2) is 86.2 Å². The van der Waals surface area contributed by atoms with Gasteiger partial charge in [0, 0.05) is 45.2 Å². The predicted octanol–water partition coefficient (Wildman–Crippen LogP) is 2.00. The number of rotatable bonds is 7. The Balaban J connectivity index is 1.50. The van der Waals surface area contributed by atoms with Crippen LogP contribution in [0.1, 0.15) is 41.4 Å². The van der Waals surface area contributed by atoms with Gasteiger partial charge < -0.3 is 19.7 Å². The lowest BCUT2D eigenvalue weighted by Crippen LogP contribution is -2.47. The lowest BCUT2D eigenvalue weighted by Gasteiger charge is -2.34. The van der Waals surface area contributed by atoms with E-state index in [1.807, 2.05) is 35.2 Å². The second-order valence-corrected chi connectivity index (χ2v) is 8.40. The van der Waals surface area contributed by atoms with E-state index in [2.05, 4.69) is 10.2 Å². The molecule has 0 bridgehead atoms. The number of nitrogens with one attached hydrogen (secondary N) is 1. The van der Waals surface area contributed by atoms with Crippen molar-refractivity contribution in [2.75, 3.05) is 59.6 Å². The molecular formula is C24H32N4O4. The number of methoxy groups -OCH3 is 1. The number of likely N-dealkylation sites (tertiary alicyclic amines) is 1. The molecular weight excluding hydrogens is 408 g/mol. The smallest absolute Gasteiger partial charge is 0.252 e. The molecule has 3 heterocycles. The Hall–Kier alpha value is -2.55. The first kappa shape index (κ1) is 22.6. The molecule has 1 aromatic heterocycles. The van der Waals surface area contributed by atoms with Crippen molar-refractivity contribution < 1.29 is 19.1 Å². The third-order valence-electron chi connectivity index (χ3n) is 6.12. The Morgan fingerprint density at radius 1 is 1.19 bits per heavy atom. The van der Waals surface area contributed by atoms with Gasteiger partial charge >= 0.3 is 0 Å². The van der Waals surface area contributed by atoms with Crippen LogP contribution in [0.5, 0.6) is 0 Å². The van der Waals surface area contributed by atoms with E-state index >= 15 is 0 Å². The van der Waals surface area contributed by atoms with Gasteiger partial charge in [-0.3, -0.25) is 14.5 Å². The topological polar surface area (TPSA) is 84.0 Å². The van der Waals surface area contributed by atoms with Gasteiger partial charge in [0.15, 0.2) is 0 Å². The van der Waals surface area contributed by atoms with E-state index in [0.29, 0.717) is 45.0 Å². The summed E-state index contributed by atoms with van der Waals surface area (Å²) in [5, 5.41) is 3.70. The molecule has 172 valence electrons. The van der Waals surface area contributed by atoms with Crippen molar-refractivity contribution in [1.29, 1.82) is 0 Å². The highest BCUT2D eigenvalue weighted by molar-refractivity contribution is 6.06. The number of piperidine rings is 1. The highest BCUT2D eigenvalue weighted by Crippen LogP contribution is 2.26. The second kappa shape index (κ2) is 10.8. The first-order chi connectivity index (χ1) is 15.7. The summed E-state index contributed by atoms with van der Waals surface area (Å²) in [7, 11) is 1.61. The molecule has 0 radical (unpaired) electrons. The lowest BCUT2D eigenvalue weighted by molar-refractivity contribution is -0.135. The number of para-hydroxylation sites is 1. The highest BCUT2D eigenvalue weighted by atomic mass is 16.5. The van der Waals surface area contributed by atoms with Crippen LogP contribution in [0.2, 0.25) is 0 Å². The SMILES string of the molecule is COCCNC(=O)c1cc(C2CN(CC(=O)N3CCCCC3)CCO2)nc2ccccc12. The molecule has 1 atom stereocenters. The van der Waals surface area contributed by atoms with Gasteiger partial charge in [-0.05, 0) is 31.4 Å². The van der Waals surface area contributed by atoms with Gasteiger partial charge in [0.1, 0.15) is 6.10 Å². The Labute approximate surface area is 188 Å². The molecule has 2 amide bonds. The van der Waals surface area contributed by atoms with Crippen LogP contribution >= 0.6 is 0 Å². The average molecular weight is 441 g/mol. The third kappa shape index (κ3) is 5.43. The summed E-state index contributed by atoms with van der Waals surface area (Å²) in [6.07, 6.45) is 3.10. The fourth-order valence-corrected chi connectivity index (χ4v) is 4.37. The van der Waals surface area contributed by atoms with Gasteiger partial charge in [-0.15, -0.1) is 0 Å². The molecule has 0 aliphatic carbocycles. The number of pyridine rings is 1. The summed E-state index contributed by atoms with van der Waals surface area (Å²) in [6.45, 7) is 4.84. The third-order valence-corrected chi connectivity index (χ3v) is 6.12. The largest absolute Gasteiger partial charge is 0.383 e. The normalized spacial score (nSPS) is 19.8. The van der Waals surface area contributed by atoms with E-state index in [9.17, 15) is 9.59 Å². The van der Waals surface area contributed by atoms with Crippen LogP contribution in [0.4, 0.5) is 0 Å². The molecule has 8 heteroatoms. The number of aromatic nitrogens is 1. The van der Waals surface area contributed by atoms with Gasteiger partial charge in [0.05, 0.1) is 36.5 Å². The number of benzene rings is 1. The van der Waals surface area contributed by atoms with Crippen LogP contribution in [0.15, 0.2) is 30.3 Å². The van der Waals surface area contributed by atoms with Gasteiger partial charge in [0.25, 0.3) is 5.91 Å². The highest BCUT2D eigenvalue weighted by Gasteiger charge is 2.27. The fraction of sp³-hybridized carbons (Fsp3) is 0.542. The van der Waals surface area contributed by atoms with Gasteiger partial charge in [-0.1, -0.05) is 18.2 Å². The number of hydrogen-bond donors (Lipinski definition) is 1. The molecule has 1 aromatic carbocycles. The van der Waals surface area contributed by atoms with E-state index in [-0.39, 0.29) is 17.9 Å². The van der Waals surface area contributed by atoms with Crippen LogP contribution in [0, 0.1) is 0 Å². The van der Waals surface area contributed by atoms with Crippen LogP contribution in [-0.2, 0) is 14.3 Å². The number of ether oxygens (including phenoxy) is 2. The van der Waals surface area contributed by atoms with E-state index in [1.54, 1.807) is 7.11 Å². The van der Waals surface area contributed by atoms with Crippen molar-refractivity contribution in [3.05, 3.63) is 41.6 Å². The first-order valence-electron chi connectivity index (χ1n) is 11.4. The molecule has 0 saturated carbocycles. The van der Waals surface area contributed by atoms with Crippen molar-refractivity contribution in [3.63, 3.8) is 0 Å². The number of hydrogen-bond acceptors (Lipinski definition) is 6. The zero-order chi connectivity index (χ0) is 22.3. The van der Waals surface area contributed by atoms with Crippen LogP contribution in [0.3, 0.4) is 0 Å². The maximum atomic E-state index is 12.9. The van der Waals surface area contributed by atoms with Gasteiger partial charge in [-0.2, -0.15) is 0 Å². The molecule has 2 fully saturated rings. The minimum Gasteiger partial charge on any atom is -0.383 e. The standard InChI is InChI=1S/C24H32N4O4/c1-31-13-9-25-24(30)19-15-21(26-20-8-4-3-7-18(19)20)22-16-27(12-14-32-22)17-23(29)28-10-5-2-6-11-28/h3-4,7-8,15,22H,2,5-6,9-14,16-17H2,1H3,(H,25,30). The molecule has 2 aromatic rings. The summed E-state index contributed by atoms with van der Waals surface area (Å²) >= 11 is 0. The number of fused-ring (bicyclic) bond motifs is 1. The van der Waals surface area contributed by atoms with Crippen molar-refractivity contribution in [2.24, 2.45) is 0 Å². The summed E-state index contributed by atoms with van der Waals surface area (Å²) in [6, 6.07) is 9.46. The zero-order valence-electron chi connectivity index (χ0n) is 18.7. The maximum Gasteiger partial charge on any atom is 0.252 e. The molecule has 32 heavy (non-hydrogen) atoms. The monoisotopic (exact) mass is 440 g/mol. The molecule has 2 aliphatic heterocycles. The molecule has 4 rings (SSSR count). The molecule has 2 aliphatic rings.